The third-order valence-electron chi connectivity index (χ3n) is 4.73. The van der Waals surface area contributed by atoms with Crippen LogP contribution in [0.25, 0.3) is 10.8 Å². The Kier molecular flexibility index (Phi) is 6.28. The first-order chi connectivity index (χ1) is 14.3. The molecule has 144 valence electrons. The standard InChI is InChI=1S/C26H22O2S/c27-26(16-15-20-9-3-1-4-10-20)28-23-17-22-13-7-8-14-24(22)25(18-23)29-19-21-11-5-2-6-12-21/h1-14,17-18H,15-16,19H2. The predicted molar refractivity (Wildman–Crippen MR) is 120 cm³/mol. The Morgan fingerprint density at radius 3 is 2.17 bits per heavy atom. The minimum Gasteiger partial charge on any atom is -0.426 e. The van der Waals surface area contributed by atoms with Crippen LogP contribution in [0, 0.1) is 0 Å². The van der Waals surface area contributed by atoms with Crippen molar-refractivity contribution in [3.63, 3.8) is 0 Å². The van der Waals surface area contributed by atoms with Gasteiger partial charge in [0.2, 0.25) is 0 Å². The number of rotatable bonds is 7. The summed E-state index contributed by atoms with van der Waals surface area (Å²) in [5.41, 5.74) is 2.41. The molecule has 0 spiro atoms. The van der Waals surface area contributed by atoms with Crippen LogP contribution in [-0.4, -0.2) is 5.97 Å². The average molecular weight is 399 g/mol. The second kappa shape index (κ2) is 9.44. The van der Waals surface area contributed by atoms with E-state index in [0.29, 0.717) is 18.6 Å². The van der Waals surface area contributed by atoms with Gasteiger partial charge in [0.25, 0.3) is 0 Å². The van der Waals surface area contributed by atoms with E-state index in [1.165, 1.54) is 10.9 Å². The quantitative estimate of drug-likeness (QED) is 0.197. The minimum atomic E-state index is -0.205. The van der Waals surface area contributed by atoms with E-state index >= 15 is 0 Å². The van der Waals surface area contributed by atoms with Gasteiger partial charge in [-0.2, -0.15) is 0 Å². The molecule has 29 heavy (non-hydrogen) atoms. The number of esters is 1. The molecule has 0 saturated heterocycles. The largest absolute Gasteiger partial charge is 0.426 e. The van der Waals surface area contributed by atoms with Crippen LogP contribution < -0.4 is 4.74 Å². The van der Waals surface area contributed by atoms with Gasteiger partial charge in [-0.25, -0.2) is 0 Å². The van der Waals surface area contributed by atoms with Crippen molar-refractivity contribution >= 4 is 28.5 Å². The molecule has 4 aromatic carbocycles. The predicted octanol–water partition coefficient (Wildman–Crippen LogP) is 6.67. The van der Waals surface area contributed by atoms with E-state index in [2.05, 4.69) is 36.4 Å². The fourth-order valence-electron chi connectivity index (χ4n) is 3.24. The lowest BCUT2D eigenvalue weighted by Crippen LogP contribution is -2.09. The molecule has 0 bridgehead atoms. The highest BCUT2D eigenvalue weighted by Crippen LogP contribution is 2.34. The summed E-state index contributed by atoms with van der Waals surface area (Å²) in [5, 5.41) is 2.26. The van der Waals surface area contributed by atoms with Crippen molar-refractivity contribution in [2.45, 2.75) is 23.5 Å². The highest BCUT2D eigenvalue weighted by molar-refractivity contribution is 7.98. The van der Waals surface area contributed by atoms with Gasteiger partial charge in [-0.1, -0.05) is 84.9 Å². The van der Waals surface area contributed by atoms with Crippen LogP contribution in [0.5, 0.6) is 5.75 Å². The maximum absolute atomic E-state index is 12.4. The summed E-state index contributed by atoms with van der Waals surface area (Å²) < 4.78 is 5.68. The fraction of sp³-hybridized carbons (Fsp3) is 0.115. The van der Waals surface area contributed by atoms with Gasteiger partial charge in [0.1, 0.15) is 5.75 Å². The van der Waals surface area contributed by atoms with Gasteiger partial charge >= 0.3 is 5.97 Å². The Morgan fingerprint density at radius 1 is 0.759 bits per heavy atom. The fourth-order valence-corrected chi connectivity index (χ4v) is 4.29. The lowest BCUT2D eigenvalue weighted by atomic mass is 10.1. The molecule has 0 aliphatic rings. The molecule has 3 heteroatoms. The van der Waals surface area contributed by atoms with Gasteiger partial charge in [0, 0.05) is 17.1 Å². The molecule has 0 amide bonds. The zero-order valence-corrected chi connectivity index (χ0v) is 16.9. The van der Waals surface area contributed by atoms with Gasteiger partial charge in [-0.3, -0.25) is 4.79 Å². The number of fused-ring (bicyclic) bond motifs is 1. The lowest BCUT2D eigenvalue weighted by molar-refractivity contribution is -0.134. The molecular formula is C26H22O2S. The summed E-state index contributed by atoms with van der Waals surface area (Å²) in [7, 11) is 0. The van der Waals surface area contributed by atoms with Crippen molar-refractivity contribution in [3.05, 3.63) is 108 Å². The molecule has 0 aliphatic carbocycles. The summed E-state index contributed by atoms with van der Waals surface area (Å²) in [6.45, 7) is 0. The number of hydrogen-bond acceptors (Lipinski definition) is 3. The van der Waals surface area contributed by atoms with Crippen molar-refractivity contribution in [1.82, 2.24) is 0 Å². The zero-order chi connectivity index (χ0) is 19.9. The van der Waals surface area contributed by atoms with Crippen molar-refractivity contribution in [1.29, 1.82) is 0 Å². The van der Waals surface area contributed by atoms with Crippen LogP contribution in [0.3, 0.4) is 0 Å². The smallest absolute Gasteiger partial charge is 0.311 e. The van der Waals surface area contributed by atoms with Crippen LogP contribution in [0.1, 0.15) is 17.5 Å². The Morgan fingerprint density at radius 2 is 1.41 bits per heavy atom. The van der Waals surface area contributed by atoms with E-state index in [0.717, 1.165) is 21.6 Å². The van der Waals surface area contributed by atoms with Crippen LogP contribution in [0.2, 0.25) is 0 Å². The molecule has 0 unspecified atom stereocenters. The minimum absolute atomic E-state index is 0.205. The van der Waals surface area contributed by atoms with E-state index in [1.54, 1.807) is 11.8 Å². The molecule has 4 aromatic rings. The van der Waals surface area contributed by atoms with E-state index in [1.807, 2.05) is 60.7 Å². The number of thioether (sulfide) groups is 1. The van der Waals surface area contributed by atoms with Crippen molar-refractivity contribution < 1.29 is 9.53 Å². The van der Waals surface area contributed by atoms with E-state index in [4.69, 9.17) is 4.74 Å². The summed E-state index contributed by atoms with van der Waals surface area (Å²) in [6, 6.07) is 32.6. The molecule has 0 fully saturated rings. The molecular weight excluding hydrogens is 376 g/mol. The summed E-state index contributed by atoms with van der Waals surface area (Å²) in [5.74, 6) is 1.27. The van der Waals surface area contributed by atoms with Gasteiger partial charge in [-0.05, 0) is 40.5 Å². The highest BCUT2D eigenvalue weighted by Gasteiger charge is 2.10. The second-order valence-electron chi connectivity index (χ2n) is 6.88. The summed E-state index contributed by atoms with van der Waals surface area (Å²) in [6.07, 6.45) is 1.05. The molecule has 0 atom stereocenters. The Balaban J connectivity index is 1.49. The van der Waals surface area contributed by atoms with E-state index < -0.39 is 0 Å². The van der Waals surface area contributed by atoms with Crippen molar-refractivity contribution in [3.8, 4) is 5.75 Å². The highest BCUT2D eigenvalue weighted by atomic mass is 32.2. The zero-order valence-electron chi connectivity index (χ0n) is 16.1. The van der Waals surface area contributed by atoms with Gasteiger partial charge in [0.15, 0.2) is 0 Å². The number of hydrogen-bond donors (Lipinski definition) is 0. The van der Waals surface area contributed by atoms with Crippen LogP contribution in [0.4, 0.5) is 0 Å². The van der Waals surface area contributed by atoms with E-state index in [-0.39, 0.29) is 5.97 Å². The molecule has 0 aliphatic heterocycles. The SMILES string of the molecule is O=C(CCc1ccccc1)Oc1cc(SCc2ccccc2)c2ccccc2c1. The van der Waals surface area contributed by atoms with Crippen LogP contribution >= 0.6 is 11.8 Å². The number of ether oxygens (including phenoxy) is 1. The van der Waals surface area contributed by atoms with Crippen LogP contribution in [0.15, 0.2) is 102 Å². The Labute approximate surface area is 175 Å². The first-order valence-corrected chi connectivity index (χ1v) is 10.7. The average Bonchev–Trinajstić information content (AvgIpc) is 2.77. The molecule has 4 rings (SSSR count). The Hall–Kier alpha value is -3.04. The maximum Gasteiger partial charge on any atom is 0.311 e. The molecule has 2 nitrogen and oxygen atoms in total. The van der Waals surface area contributed by atoms with Crippen molar-refractivity contribution in [2.24, 2.45) is 0 Å². The number of carbonyl (C=O) groups excluding carboxylic acids is 1. The normalized spacial score (nSPS) is 10.8. The monoisotopic (exact) mass is 398 g/mol. The maximum atomic E-state index is 12.4. The summed E-state index contributed by atoms with van der Waals surface area (Å²) in [4.78, 5) is 13.5. The number of carbonyl (C=O) groups is 1. The molecule has 0 radical (unpaired) electrons. The first kappa shape index (κ1) is 19.3. The van der Waals surface area contributed by atoms with Gasteiger partial charge in [0.05, 0.1) is 0 Å². The molecule has 0 aromatic heterocycles. The number of benzene rings is 4. The molecule has 0 saturated carbocycles. The first-order valence-electron chi connectivity index (χ1n) is 9.72. The van der Waals surface area contributed by atoms with Gasteiger partial charge in [-0.15, -0.1) is 11.8 Å². The number of aryl methyl sites for hydroxylation is 1. The lowest BCUT2D eigenvalue weighted by Gasteiger charge is -2.11. The topological polar surface area (TPSA) is 26.3 Å². The summed E-state index contributed by atoms with van der Waals surface area (Å²) >= 11 is 1.76. The molecule has 0 N–H and O–H groups in total. The third kappa shape index (κ3) is 5.27. The third-order valence-corrected chi connectivity index (χ3v) is 5.85. The van der Waals surface area contributed by atoms with E-state index in [9.17, 15) is 4.79 Å². The molecule has 0 heterocycles. The Bertz CT molecular complexity index is 1090. The van der Waals surface area contributed by atoms with Crippen LogP contribution in [-0.2, 0) is 17.0 Å². The van der Waals surface area contributed by atoms with Crippen molar-refractivity contribution in [2.75, 3.05) is 0 Å². The van der Waals surface area contributed by atoms with Gasteiger partial charge < -0.3 is 4.74 Å². The second-order valence-corrected chi connectivity index (χ2v) is 7.89.